The first-order valence-corrected chi connectivity index (χ1v) is 10.2. The number of likely N-dealkylation sites (tertiary alicyclic amines) is 1. The number of carbonyl (C=O) groups is 2. The van der Waals surface area contributed by atoms with Gasteiger partial charge in [-0.05, 0) is 51.5 Å². The van der Waals surface area contributed by atoms with Crippen LogP contribution in [-0.4, -0.2) is 78.4 Å². The van der Waals surface area contributed by atoms with Gasteiger partial charge in [0.15, 0.2) is 0 Å². The van der Waals surface area contributed by atoms with E-state index in [0.717, 1.165) is 64.3 Å². The van der Waals surface area contributed by atoms with Crippen LogP contribution in [0.4, 0.5) is 5.69 Å². The lowest BCUT2D eigenvalue weighted by molar-refractivity contribution is -0.138. The zero-order valence-electron chi connectivity index (χ0n) is 16.6. The zero-order chi connectivity index (χ0) is 19.2. The number of hydrogen-bond acceptors (Lipinski definition) is 4. The maximum Gasteiger partial charge on any atom is 0.239 e. The molecule has 0 radical (unpaired) electrons. The second kappa shape index (κ2) is 9.33. The summed E-state index contributed by atoms with van der Waals surface area (Å²) in [5.41, 5.74) is 0.847. The minimum absolute atomic E-state index is 0.0249. The third kappa shape index (κ3) is 5.08. The van der Waals surface area contributed by atoms with Gasteiger partial charge in [0, 0.05) is 37.8 Å². The fraction of sp³-hybridized carbons (Fsp3) is 0.619. The molecule has 6 heteroatoms. The molecule has 0 spiro atoms. The molecule has 6 nitrogen and oxygen atoms in total. The Bertz CT molecular complexity index is 620. The molecule has 0 aliphatic carbocycles. The van der Waals surface area contributed by atoms with Crippen LogP contribution in [0.2, 0.25) is 0 Å². The van der Waals surface area contributed by atoms with E-state index < -0.39 is 0 Å². The van der Waals surface area contributed by atoms with Crippen LogP contribution in [0.3, 0.4) is 0 Å². The van der Waals surface area contributed by atoms with Crippen LogP contribution in [-0.2, 0) is 9.59 Å². The minimum Gasteiger partial charge on any atom is -0.339 e. The van der Waals surface area contributed by atoms with Crippen molar-refractivity contribution in [1.82, 2.24) is 14.7 Å². The first-order valence-electron chi connectivity index (χ1n) is 10.2. The van der Waals surface area contributed by atoms with Gasteiger partial charge in [-0.3, -0.25) is 14.5 Å². The molecule has 2 aliphatic rings. The molecule has 27 heavy (non-hydrogen) atoms. The number of hydrogen-bond donors (Lipinski definition) is 1. The van der Waals surface area contributed by atoms with Crippen LogP contribution in [0, 0.1) is 5.92 Å². The van der Waals surface area contributed by atoms with Crippen LogP contribution in [0.15, 0.2) is 30.3 Å². The van der Waals surface area contributed by atoms with Crippen LogP contribution in [0.5, 0.6) is 0 Å². The summed E-state index contributed by atoms with van der Waals surface area (Å²) < 4.78 is 0. The topological polar surface area (TPSA) is 55.9 Å². The molecular formula is C21H32N4O2. The number of nitrogens with one attached hydrogen (secondary N) is 1. The molecule has 1 N–H and O–H groups in total. The Morgan fingerprint density at radius 2 is 1.67 bits per heavy atom. The van der Waals surface area contributed by atoms with Crippen molar-refractivity contribution in [2.75, 3.05) is 51.1 Å². The van der Waals surface area contributed by atoms with E-state index in [4.69, 9.17) is 0 Å². The molecule has 1 aromatic rings. The predicted octanol–water partition coefficient (Wildman–Crippen LogP) is 1.89. The second-order valence-electron chi connectivity index (χ2n) is 7.60. The first kappa shape index (κ1) is 19.8. The quantitative estimate of drug-likeness (QED) is 0.858. The van der Waals surface area contributed by atoms with Crippen LogP contribution >= 0.6 is 0 Å². The number of anilines is 1. The summed E-state index contributed by atoms with van der Waals surface area (Å²) in [4.78, 5) is 31.9. The van der Waals surface area contributed by atoms with Crippen LogP contribution < -0.4 is 5.32 Å². The summed E-state index contributed by atoms with van der Waals surface area (Å²) in [5.74, 6) is 0.352. The van der Waals surface area contributed by atoms with Gasteiger partial charge >= 0.3 is 0 Å². The van der Waals surface area contributed by atoms with E-state index in [1.54, 1.807) is 0 Å². The lowest BCUT2D eigenvalue weighted by Gasteiger charge is -2.39. The summed E-state index contributed by atoms with van der Waals surface area (Å²) in [6.45, 7) is 10.4. The van der Waals surface area contributed by atoms with E-state index >= 15 is 0 Å². The van der Waals surface area contributed by atoms with E-state index in [1.807, 2.05) is 42.2 Å². The maximum atomic E-state index is 12.8. The monoisotopic (exact) mass is 372 g/mol. The third-order valence-corrected chi connectivity index (χ3v) is 5.98. The standard InChI is InChI=1S/C21H32N4O2/c1-3-23-13-15-25(16-14-23)21(27)17(2)24-11-9-18(10-12-24)20(26)22-19-7-5-4-6-8-19/h4-8,17-18H,3,9-16H2,1-2H3,(H,22,26). The Labute approximate surface area is 162 Å². The molecular weight excluding hydrogens is 340 g/mol. The van der Waals surface area contributed by atoms with E-state index in [-0.39, 0.29) is 23.8 Å². The van der Waals surface area contributed by atoms with Crippen molar-refractivity contribution in [1.29, 1.82) is 0 Å². The van der Waals surface area contributed by atoms with E-state index in [1.165, 1.54) is 0 Å². The number of piperidine rings is 1. The van der Waals surface area contributed by atoms with Gasteiger partial charge < -0.3 is 15.1 Å². The highest BCUT2D eigenvalue weighted by Crippen LogP contribution is 2.22. The van der Waals surface area contributed by atoms with E-state index in [9.17, 15) is 9.59 Å². The second-order valence-corrected chi connectivity index (χ2v) is 7.60. The van der Waals surface area contributed by atoms with Gasteiger partial charge in [0.1, 0.15) is 0 Å². The summed E-state index contributed by atoms with van der Waals surface area (Å²) in [7, 11) is 0. The molecule has 0 saturated carbocycles. The van der Waals surface area contributed by atoms with E-state index in [0.29, 0.717) is 0 Å². The molecule has 0 bridgehead atoms. The summed E-state index contributed by atoms with van der Waals surface area (Å²) in [6, 6.07) is 9.50. The van der Waals surface area contributed by atoms with Gasteiger partial charge in [-0.15, -0.1) is 0 Å². The number of carbonyl (C=O) groups excluding carboxylic acids is 2. The van der Waals surface area contributed by atoms with Gasteiger partial charge in [-0.1, -0.05) is 25.1 Å². The molecule has 2 amide bonds. The summed E-state index contributed by atoms with van der Waals surface area (Å²) in [5, 5.41) is 3.00. The Balaban J connectivity index is 1.45. The average Bonchev–Trinajstić information content (AvgIpc) is 2.73. The number of likely N-dealkylation sites (N-methyl/N-ethyl adjacent to an activating group) is 1. The zero-order valence-corrected chi connectivity index (χ0v) is 16.6. The summed E-state index contributed by atoms with van der Waals surface area (Å²) >= 11 is 0. The lowest BCUT2D eigenvalue weighted by Crippen LogP contribution is -2.55. The number of rotatable bonds is 5. The van der Waals surface area contributed by atoms with Crippen molar-refractivity contribution >= 4 is 17.5 Å². The maximum absolute atomic E-state index is 12.8. The highest BCUT2D eigenvalue weighted by Gasteiger charge is 2.32. The molecule has 1 atom stereocenters. The van der Waals surface area contributed by atoms with Gasteiger partial charge in [0.05, 0.1) is 6.04 Å². The molecule has 2 saturated heterocycles. The molecule has 2 aliphatic heterocycles. The number of benzene rings is 1. The number of nitrogens with zero attached hydrogens (tertiary/aromatic N) is 3. The highest BCUT2D eigenvalue weighted by atomic mass is 16.2. The van der Waals surface area contributed by atoms with Gasteiger partial charge in [-0.2, -0.15) is 0 Å². The van der Waals surface area contributed by atoms with Crippen molar-refractivity contribution in [2.45, 2.75) is 32.7 Å². The highest BCUT2D eigenvalue weighted by molar-refractivity contribution is 5.92. The summed E-state index contributed by atoms with van der Waals surface area (Å²) in [6.07, 6.45) is 1.61. The number of para-hydroxylation sites is 1. The van der Waals surface area contributed by atoms with Crippen molar-refractivity contribution < 1.29 is 9.59 Å². The predicted molar refractivity (Wildman–Crippen MR) is 108 cm³/mol. The molecule has 1 unspecified atom stereocenters. The Morgan fingerprint density at radius 1 is 1.04 bits per heavy atom. The largest absolute Gasteiger partial charge is 0.339 e. The molecule has 148 valence electrons. The Hall–Kier alpha value is -1.92. The third-order valence-electron chi connectivity index (χ3n) is 5.98. The van der Waals surface area contributed by atoms with Gasteiger partial charge in [0.25, 0.3) is 0 Å². The minimum atomic E-state index is -0.101. The van der Waals surface area contributed by atoms with Gasteiger partial charge in [-0.25, -0.2) is 0 Å². The smallest absolute Gasteiger partial charge is 0.239 e. The first-order chi connectivity index (χ1) is 13.1. The average molecular weight is 373 g/mol. The van der Waals surface area contributed by atoms with Gasteiger partial charge in [0.2, 0.25) is 11.8 Å². The van der Waals surface area contributed by atoms with Crippen molar-refractivity contribution in [3.05, 3.63) is 30.3 Å². The molecule has 2 heterocycles. The fourth-order valence-corrected chi connectivity index (χ4v) is 4.02. The Kier molecular flexibility index (Phi) is 6.85. The lowest BCUT2D eigenvalue weighted by atomic mass is 9.94. The molecule has 0 aromatic heterocycles. The fourth-order valence-electron chi connectivity index (χ4n) is 4.02. The number of amides is 2. The molecule has 1 aromatic carbocycles. The molecule has 3 rings (SSSR count). The van der Waals surface area contributed by atoms with Crippen LogP contribution in [0.25, 0.3) is 0 Å². The number of piperazine rings is 1. The molecule has 2 fully saturated rings. The SMILES string of the molecule is CCN1CCN(C(=O)C(C)N2CCC(C(=O)Nc3ccccc3)CC2)CC1. The van der Waals surface area contributed by atoms with Crippen molar-refractivity contribution in [3.8, 4) is 0 Å². The van der Waals surface area contributed by atoms with Crippen molar-refractivity contribution in [3.63, 3.8) is 0 Å². The van der Waals surface area contributed by atoms with E-state index in [2.05, 4.69) is 22.0 Å². The normalized spacial score (nSPS) is 21.0. The Morgan fingerprint density at radius 3 is 2.26 bits per heavy atom. The van der Waals surface area contributed by atoms with Crippen LogP contribution in [0.1, 0.15) is 26.7 Å². The van der Waals surface area contributed by atoms with Crippen molar-refractivity contribution in [2.24, 2.45) is 5.92 Å².